The first-order chi connectivity index (χ1) is 9.56. The number of nitrogens with zero attached hydrogens (tertiary/aromatic N) is 1. The minimum atomic E-state index is -2.51. The average Bonchev–Trinajstić information content (AvgIpc) is 2.49. The van der Waals surface area contributed by atoms with Gasteiger partial charge in [-0.1, -0.05) is 0 Å². The molecule has 0 aliphatic rings. The Morgan fingerprint density at radius 1 is 1.15 bits per heavy atom. The first kappa shape index (κ1) is 16.6. The van der Waals surface area contributed by atoms with Crippen molar-refractivity contribution in [2.24, 2.45) is 0 Å². The largest absolute Gasteiger partial charge is 0.500 e. The Morgan fingerprint density at radius 2 is 1.70 bits per heavy atom. The summed E-state index contributed by atoms with van der Waals surface area (Å²) >= 11 is 0. The number of non-ortho nitro benzene ring substituents is 1. The first-order valence-corrected chi connectivity index (χ1v) is 8.14. The van der Waals surface area contributed by atoms with Gasteiger partial charge in [-0.05, 0) is 18.6 Å². The van der Waals surface area contributed by atoms with Crippen molar-refractivity contribution in [1.29, 1.82) is 0 Å². The molecule has 0 saturated carbocycles. The van der Waals surface area contributed by atoms with Crippen molar-refractivity contribution in [2.75, 3.05) is 33.2 Å². The number of nitro groups is 1. The lowest BCUT2D eigenvalue weighted by molar-refractivity contribution is -0.384. The molecule has 1 aromatic carbocycles. The highest BCUT2D eigenvalue weighted by Crippen LogP contribution is 2.17. The van der Waals surface area contributed by atoms with Crippen molar-refractivity contribution in [3.8, 4) is 0 Å². The molecular weight excluding hydrogens is 280 g/mol. The highest BCUT2D eigenvalue weighted by Gasteiger charge is 2.36. The van der Waals surface area contributed by atoms with Crippen LogP contribution in [0.15, 0.2) is 24.3 Å². The van der Waals surface area contributed by atoms with E-state index in [1.54, 1.807) is 33.5 Å². The van der Waals surface area contributed by atoms with Gasteiger partial charge in [0.2, 0.25) is 0 Å². The average molecular weight is 300 g/mol. The SMILES string of the molecule is CO[Si](CCCNc1ccc([N+](=O)[O-])cc1)(OC)OC. The lowest BCUT2D eigenvalue weighted by Crippen LogP contribution is -2.42. The number of hydrogen-bond donors (Lipinski definition) is 1. The van der Waals surface area contributed by atoms with Crippen LogP contribution in [0.25, 0.3) is 0 Å². The Morgan fingerprint density at radius 3 is 2.15 bits per heavy atom. The fourth-order valence-electron chi connectivity index (χ4n) is 1.79. The third kappa shape index (κ3) is 4.56. The monoisotopic (exact) mass is 300 g/mol. The quantitative estimate of drug-likeness (QED) is 0.326. The maximum atomic E-state index is 10.5. The highest BCUT2D eigenvalue weighted by atomic mass is 28.4. The van der Waals surface area contributed by atoms with Gasteiger partial charge in [-0.15, -0.1) is 0 Å². The topological polar surface area (TPSA) is 82.9 Å². The summed E-state index contributed by atoms with van der Waals surface area (Å²) in [6.07, 6.45) is 0.818. The number of hydrogen-bond acceptors (Lipinski definition) is 6. The van der Waals surface area contributed by atoms with Crippen molar-refractivity contribution >= 4 is 20.2 Å². The van der Waals surface area contributed by atoms with Crippen molar-refractivity contribution in [3.63, 3.8) is 0 Å². The molecule has 0 amide bonds. The Hall–Kier alpha value is -1.48. The zero-order valence-corrected chi connectivity index (χ0v) is 12.9. The van der Waals surface area contributed by atoms with Crippen molar-refractivity contribution in [2.45, 2.75) is 12.5 Å². The van der Waals surface area contributed by atoms with Crippen LogP contribution in [0.2, 0.25) is 6.04 Å². The molecule has 0 unspecified atom stereocenters. The summed E-state index contributed by atoms with van der Waals surface area (Å²) in [7, 11) is 2.25. The number of anilines is 1. The molecule has 0 atom stereocenters. The lowest BCUT2D eigenvalue weighted by atomic mass is 10.3. The van der Waals surface area contributed by atoms with E-state index in [-0.39, 0.29) is 5.69 Å². The molecule has 20 heavy (non-hydrogen) atoms. The predicted molar refractivity (Wildman–Crippen MR) is 77.8 cm³/mol. The van der Waals surface area contributed by atoms with Gasteiger partial charge in [-0.3, -0.25) is 10.1 Å². The van der Waals surface area contributed by atoms with Gasteiger partial charge in [0.25, 0.3) is 5.69 Å². The molecule has 1 rings (SSSR count). The number of benzene rings is 1. The van der Waals surface area contributed by atoms with Crippen LogP contribution in [0.4, 0.5) is 11.4 Å². The second kappa shape index (κ2) is 7.95. The van der Waals surface area contributed by atoms with Gasteiger partial charge in [0.15, 0.2) is 0 Å². The summed E-state index contributed by atoms with van der Waals surface area (Å²) in [5.41, 5.74) is 0.926. The zero-order chi connectivity index (χ0) is 15.0. The van der Waals surface area contributed by atoms with Gasteiger partial charge < -0.3 is 18.6 Å². The number of nitrogens with one attached hydrogen (secondary N) is 1. The first-order valence-electron chi connectivity index (χ1n) is 6.20. The summed E-state index contributed by atoms with van der Waals surface area (Å²) in [6.45, 7) is 0.711. The summed E-state index contributed by atoms with van der Waals surface area (Å²) in [5, 5.41) is 13.7. The Balaban J connectivity index is 2.39. The fraction of sp³-hybridized carbons (Fsp3) is 0.500. The zero-order valence-electron chi connectivity index (χ0n) is 11.9. The lowest BCUT2D eigenvalue weighted by Gasteiger charge is -2.24. The van der Waals surface area contributed by atoms with E-state index in [4.69, 9.17) is 13.3 Å². The summed E-state index contributed by atoms with van der Waals surface area (Å²) in [4.78, 5) is 10.1. The Bertz CT molecular complexity index is 414. The fourth-order valence-corrected chi connectivity index (χ4v) is 3.52. The number of rotatable bonds is 9. The van der Waals surface area contributed by atoms with Crippen LogP contribution < -0.4 is 5.32 Å². The molecule has 0 spiro atoms. The Kier molecular flexibility index (Phi) is 6.59. The van der Waals surface area contributed by atoms with Gasteiger partial charge in [0, 0.05) is 51.7 Å². The highest BCUT2D eigenvalue weighted by molar-refractivity contribution is 6.60. The molecular formula is C12H20N2O5Si. The normalized spacial score (nSPS) is 11.3. The Labute approximate surface area is 119 Å². The smallest absolute Gasteiger partial charge is 0.385 e. The third-order valence-corrected chi connectivity index (χ3v) is 5.83. The summed E-state index contributed by atoms with van der Waals surface area (Å²) in [6, 6.07) is 7.02. The van der Waals surface area contributed by atoms with Gasteiger partial charge >= 0.3 is 8.80 Å². The second-order valence-electron chi connectivity index (χ2n) is 4.13. The van der Waals surface area contributed by atoms with Crippen LogP contribution in [-0.2, 0) is 13.3 Å². The maximum Gasteiger partial charge on any atom is 0.500 e. The van der Waals surface area contributed by atoms with Gasteiger partial charge in [0.05, 0.1) is 4.92 Å². The second-order valence-corrected chi connectivity index (χ2v) is 7.22. The van der Waals surface area contributed by atoms with E-state index in [0.717, 1.165) is 12.1 Å². The molecule has 8 heteroatoms. The van der Waals surface area contributed by atoms with E-state index in [0.29, 0.717) is 12.6 Å². The third-order valence-electron chi connectivity index (χ3n) is 3.00. The van der Waals surface area contributed by atoms with Crippen molar-refractivity contribution in [1.82, 2.24) is 0 Å². The molecule has 7 nitrogen and oxygen atoms in total. The van der Waals surface area contributed by atoms with E-state index >= 15 is 0 Å². The molecule has 0 fully saturated rings. The maximum absolute atomic E-state index is 10.5. The van der Waals surface area contributed by atoms with Crippen LogP contribution in [0.5, 0.6) is 0 Å². The standard InChI is InChI=1S/C12H20N2O5Si/c1-17-20(18-2,19-3)10-4-9-13-11-5-7-12(8-6-11)14(15)16/h5-8,13H,4,9-10H2,1-3H3. The molecule has 0 saturated heterocycles. The van der Waals surface area contributed by atoms with Crippen LogP contribution in [0.1, 0.15) is 6.42 Å². The van der Waals surface area contributed by atoms with Crippen molar-refractivity contribution in [3.05, 3.63) is 34.4 Å². The van der Waals surface area contributed by atoms with Crippen LogP contribution in [0.3, 0.4) is 0 Å². The van der Waals surface area contributed by atoms with Gasteiger partial charge in [-0.2, -0.15) is 0 Å². The number of nitro benzene ring substituents is 1. The minimum absolute atomic E-state index is 0.0834. The van der Waals surface area contributed by atoms with E-state index in [1.165, 1.54) is 12.1 Å². The molecule has 1 N–H and O–H groups in total. The van der Waals surface area contributed by atoms with Crippen LogP contribution >= 0.6 is 0 Å². The molecule has 0 radical (unpaired) electrons. The van der Waals surface area contributed by atoms with E-state index in [1.807, 2.05) is 0 Å². The molecule has 0 bridgehead atoms. The van der Waals surface area contributed by atoms with E-state index in [2.05, 4.69) is 5.32 Å². The van der Waals surface area contributed by atoms with Crippen LogP contribution in [-0.4, -0.2) is 41.6 Å². The summed E-state index contributed by atoms with van der Waals surface area (Å²) < 4.78 is 16.0. The predicted octanol–water partition coefficient (Wildman–Crippen LogP) is 2.27. The minimum Gasteiger partial charge on any atom is -0.385 e. The molecule has 0 aromatic heterocycles. The molecule has 112 valence electrons. The van der Waals surface area contributed by atoms with Crippen molar-refractivity contribution < 1.29 is 18.2 Å². The molecule has 1 aromatic rings. The van der Waals surface area contributed by atoms with E-state index < -0.39 is 13.7 Å². The molecule has 0 aliphatic carbocycles. The summed E-state index contributed by atoms with van der Waals surface area (Å²) in [5.74, 6) is 0. The van der Waals surface area contributed by atoms with Gasteiger partial charge in [-0.25, -0.2) is 0 Å². The van der Waals surface area contributed by atoms with E-state index in [9.17, 15) is 10.1 Å². The van der Waals surface area contributed by atoms with Crippen LogP contribution in [0, 0.1) is 10.1 Å². The molecule has 0 heterocycles. The molecule has 0 aliphatic heterocycles. The van der Waals surface area contributed by atoms with Gasteiger partial charge in [0.1, 0.15) is 0 Å².